The van der Waals surface area contributed by atoms with Crippen molar-refractivity contribution < 1.29 is 28.5 Å². The van der Waals surface area contributed by atoms with Crippen LogP contribution in [-0.2, 0) is 4.74 Å². The summed E-state index contributed by atoms with van der Waals surface area (Å²) in [4.78, 5) is 26.5. The second-order valence-corrected chi connectivity index (χ2v) is 6.32. The van der Waals surface area contributed by atoms with Gasteiger partial charge in [0.15, 0.2) is 23.1 Å². The number of hydrogen-bond acceptors (Lipinski definition) is 6. The first-order valence-electron chi connectivity index (χ1n) is 8.17. The molecule has 6 heteroatoms. The van der Waals surface area contributed by atoms with E-state index in [4.69, 9.17) is 18.9 Å². The van der Waals surface area contributed by atoms with Crippen molar-refractivity contribution in [2.75, 3.05) is 21.3 Å². The highest BCUT2D eigenvalue weighted by Gasteiger charge is 2.43. The summed E-state index contributed by atoms with van der Waals surface area (Å²) in [5, 5.41) is 0. The molecule has 0 fully saturated rings. The number of fused-ring (bicyclic) bond motifs is 1. The maximum Gasteiger partial charge on any atom is 0.204 e. The molecule has 0 bridgehead atoms. The van der Waals surface area contributed by atoms with Gasteiger partial charge in [0.05, 0.1) is 39.1 Å². The quantitative estimate of drug-likeness (QED) is 0.838. The molecule has 0 unspecified atom stereocenters. The SMILES string of the molecule is COc1c(C)c2c(c(OC)c1OC)C(=O)C1=C(C[C@H](C)O[C@@H]1C)C2=O. The van der Waals surface area contributed by atoms with Crippen molar-refractivity contribution in [3.63, 3.8) is 0 Å². The minimum absolute atomic E-state index is 0.116. The Bertz CT molecular complexity index is 805. The monoisotopic (exact) mass is 346 g/mol. The fraction of sp³-hybridized carbons (Fsp3) is 0.474. The van der Waals surface area contributed by atoms with Crippen molar-refractivity contribution in [3.8, 4) is 17.2 Å². The Hall–Kier alpha value is -2.34. The molecule has 6 nitrogen and oxygen atoms in total. The molecule has 0 saturated heterocycles. The summed E-state index contributed by atoms with van der Waals surface area (Å²) in [7, 11) is 4.41. The first-order chi connectivity index (χ1) is 11.9. The van der Waals surface area contributed by atoms with E-state index in [0.29, 0.717) is 40.2 Å². The van der Waals surface area contributed by atoms with Crippen LogP contribution in [0.2, 0.25) is 0 Å². The highest BCUT2D eigenvalue weighted by atomic mass is 16.5. The Labute approximate surface area is 146 Å². The largest absolute Gasteiger partial charge is 0.492 e. The zero-order valence-electron chi connectivity index (χ0n) is 15.3. The fourth-order valence-electron chi connectivity index (χ4n) is 3.86. The summed E-state index contributed by atoms with van der Waals surface area (Å²) < 4.78 is 22.0. The number of hydrogen-bond donors (Lipinski definition) is 0. The lowest BCUT2D eigenvalue weighted by Crippen LogP contribution is -2.37. The van der Waals surface area contributed by atoms with E-state index in [1.807, 2.05) is 6.92 Å². The molecule has 0 aromatic heterocycles. The first-order valence-corrected chi connectivity index (χ1v) is 8.17. The number of ether oxygens (including phenoxy) is 4. The Morgan fingerprint density at radius 2 is 1.48 bits per heavy atom. The van der Waals surface area contributed by atoms with Gasteiger partial charge in [-0.15, -0.1) is 0 Å². The average Bonchev–Trinajstić information content (AvgIpc) is 2.57. The lowest BCUT2D eigenvalue weighted by atomic mass is 9.76. The summed E-state index contributed by atoms with van der Waals surface area (Å²) >= 11 is 0. The van der Waals surface area contributed by atoms with Gasteiger partial charge in [-0.2, -0.15) is 0 Å². The molecule has 3 rings (SSSR count). The third-order valence-electron chi connectivity index (χ3n) is 4.85. The lowest BCUT2D eigenvalue weighted by Gasteiger charge is -2.34. The van der Waals surface area contributed by atoms with Crippen LogP contribution in [0.25, 0.3) is 0 Å². The van der Waals surface area contributed by atoms with E-state index in [2.05, 4.69) is 0 Å². The Morgan fingerprint density at radius 3 is 2.04 bits per heavy atom. The van der Waals surface area contributed by atoms with Crippen LogP contribution >= 0.6 is 0 Å². The van der Waals surface area contributed by atoms with Crippen LogP contribution in [0.5, 0.6) is 17.2 Å². The molecule has 1 aromatic carbocycles. The van der Waals surface area contributed by atoms with Crippen LogP contribution in [0.4, 0.5) is 0 Å². The second kappa shape index (κ2) is 6.19. The van der Waals surface area contributed by atoms with Crippen LogP contribution in [-0.4, -0.2) is 45.1 Å². The minimum Gasteiger partial charge on any atom is -0.492 e. The molecule has 0 spiro atoms. The third kappa shape index (κ3) is 2.35. The normalized spacial score (nSPS) is 22.5. The van der Waals surface area contributed by atoms with Gasteiger partial charge in [0.25, 0.3) is 0 Å². The number of benzene rings is 1. The highest BCUT2D eigenvalue weighted by Crippen LogP contribution is 2.49. The van der Waals surface area contributed by atoms with E-state index >= 15 is 0 Å². The Morgan fingerprint density at radius 1 is 0.880 bits per heavy atom. The van der Waals surface area contributed by atoms with Crippen LogP contribution in [0.3, 0.4) is 0 Å². The van der Waals surface area contributed by atoms with Gasteiger partial charge in [-0.3, -0.25) is 9.59 Å². The van der Waals surface area contributed by atoms with Gasteiger partial charge in [0.2, 0.25) is 5.75 Å². The summed E-state index contributed by atoms with van der Waals surface area (Å²) in [6.07, 6.45) is -0.143. The van der Waals surface area contributed by atoms with Crippen LogP contribution in [0.15, 0.2) is 11.1 Å². The third-order valence-corrected chi connectivity index (χ3v) is 4.85. The summed E-state index contributed by atoms with van der Waals surface area (Å²) in [6.45, 7) is 5.44. The molecule has 1 heterocycles. The number of methoxy groups -OCH3 is 3. The van der Waals surface area contributed by atoms with E-state index in [0.717, 1.165) is 0 Å². The highest BCUT2D eigenvalue weighted by molar-refractivity contribution is 6.29. The van der Waals surface area contributed by atoms with E-state index in [1.54, 1.807) is 13.8 Å². The molecule has 1 aromatic rings. The smallest absolute Gasteiger partial charge is 0.204 e. The molecule has 25 heavy (non-hydrogen) atoms. The Balaban J connectivity index is 2.37. The van der Waals surface area contributed by atoms with Gasteiger partial charge in [-0.25, -0.2) is 0 Å². The maximum absolute atomic E-state index is 13.2. The summed E-state index contributed by atoms with van der Waals surface area (Å²) in [5.74, 6) is 0.518. The van der Waals surface area contributed by atoms with Crippen molar-refractivity contribution in [1.29, 1.82) is 0 Å². The number of ketones is 2. The van der Waals surface area contributed by atoms with Gasteiger partial charge < -0.3 is 18.9 Å². The minimum atomic E-state index is -0.443. The van der Waals surface area contributed by atoms with E-state index in [-0.39, 0.29) is 29.0 Å². The van der Waals surface area contributed by atoms with E-state index in [9.17, 15) is 9.59 Å². The van der Waals surface area contributed by atoms with Gasteiger partial charge in [0.1, 0.15) is 0 Å². The average molecular weight is 346 g/mol. The first kappa shape index (κ1) is 17.5. The lowest BCUT2D eigenvalue weighted by molar-refractivity contribution is 0.0148. The molecule has 134 valence electrons. The van der Waals surface area contributed by atoms with Crippen LogP contribution in [0, 0.1) is 6.92 Å². The molecular formula is C19H22O6. The van der Waals surface area contributed by atoms with Crippen molar-refractivity contribution in [2.45, 2.75) is 39.4 Å². The Kier molecular flexibility index (Phi) is 4.33. The van der Waals surface area contributed by atoms with Gasteiger partial charge in [-0.1, -0.05) is 0 Å². The molecule has 1 aliphatic carbocycles. The van der Waals surface area contributed by atoms with Crippen LogP contribution in [0.1, 0.15) is 46.5 Å². The molecule has 0 amide bonds. The standard InChI is InChI=1S/C19H22O6/c1-8-7-11-13(10(3)25-8)16(21)14-12(15(11)20)9(2)17(22-4)19(24-6)18(14)23-5/h8,10H,7H2,1-6H3/t8-,10+/m0/s1. The molecule has 2 aliphatic rings. The van der Waals surface area contributed by atoms with Crippen LogP contribution < -0.4 is 14.2 Å². The van der Waals surface area contributed by atoms with Crippen molar-refractivity contribution >= 4 is 11.6 Å². The topological polar surface area (TPSA) is 71.1 Å². The van der Waals surface area contributed by atoms with Gasteiger partial charge in [0, 0.05) is 28.7 Å². The molecular weight excluding hydrogens is 324 g/mol. The molecule has 1 aliphatic heterocycles. The predicted molar refractivity (Wildman–Crippen MR) is 91.1 cm³/mol. The van der Waals surface area contributed by atoms with E-state index in [1.165, 1.54) is 21.3 Å². The number of Topliss-reactive ketones (excluding diaryl/α,β-unsaturated/α-hetero) is 2. The zero-order chi connectivity index (χ0) is 18.5. The number of carbonyl (C=O) groups is 2. The van der Waals surface area contributed by atoms with Crippen molar-refractivity contribution in [1.82, 2.24) is 0 Å². The molecule has 0 saturated carbocycles. The van der Waals surface area contributed by atoms with Crippen molar-refractivity contribution in [3.05, 3.63) is 27.8 Å². The van der Waals surface area contributed by atoms with Crippen molar-refractivity contribution in [2.24, 2.45) is 0 Å². The number of rotatable bonds is 3. The predicted octanol–water partition coefficient (Wildman–Crippen LogP) is 2.89. The number of carbonyl (C=O) groups excluding carboxylic acids is 2. The van der Waals surface area contributed by atoms with E-state index < -0.39 is 6.10 Å². The summed E-state index contributed by atoms with van der Waals surface area (Å²) in [6, 6.07) is 0. The maximum atomic E-state index is 13.2. The fourth-order valence-corrected chi connectivity index (χ4v) is 3.86. The molecule has 0 radical (unpaired) electrons. The zero-order valence-corrected chi connectivity index (χ0v) is 15.3. The molecule has 0 N–H and O–H groups in total. The van der Waals surface area contributed by atoms with Gasteiger partial charge in [-0.05, 0) is 20.8 Å². The summed E-state index contributed by atoms with van der Waals surface area (Å²) in [5.41, 5.74) is 2.08. The van der Waals surface area contributed by atoms with Gasteiger partial charge >= 0.3 is 0 Å². The molecule has 2 atom stereocenters. The second-order valence-electron chi connectivity index (χ2n) is 6.32.